The molecule has 0 atom stereocenters. The molecule has 1 fully saturated rings. The van der Waals surface area contributed by atoms with Crippen molar-refractivity contribution >= 4 is 5.91 Å². The number of carbonyl (C=O) groups is 1. The highest BCUT2D eigenvalue weighted by molar-refractivity contribution is 5.95. The number of nitrogens with zero attached hydrogens (tertiary/aromatic N) is 2. The largest absolute Gasteiger partial charge is 0.338 e. The highest BCUT2D eigenvalue weighted by Crippen LogP contribution is 2.20. The van der Waals surface area contributed by atoms with E-state index in [1.807, 2.05) is 4.90 Å². The van der Waals surface area contributed by atoms with Gasteiger partial charge in [-0.15, -0.1) is 0 Å². The van der Waals surface area contributed by atoms with Gasteiger partial charge in [0, 0.05) is 25.6 Å². The molecule has 1 saturated heterocycles. The molecule has 1 amide bonds. The van der Waals surface area contributed by atoms with E-state index in [0.29, 0.717) is 0 Å². The van der Waals surface area contributed by atoms with Crippen molar-refractivity contribution in [2.75, 3.05) is 13.1 Å². The average molecular weight is 301 g/mol. The van der Waals surface area contributed by atoms with E-state index in [0.717, 1.165) is 44.3 Å². The van der Waals surface area contributed by atoms with E-state index in [9.17, 15) is 4.79 Å². The first-order chi connectivity index (χ1) is 10.8. The summed E-state index contributed by atoms with van der Waals surface area (Å²) in [4.78, 5) is 14.9. The Bertz CT molecular complexity index is 532. The van der Waals surface area contributed by atoms with Crippen molar-refractivity contribution in [2.24, 2.45) is 7.05 Å². The van der Waals surface area contributed by atoms with Crippen LogP contribution in [0.1, 0.15) is 73.0 Å². The van der Waals surface area contributed by atoms with E-state index < -0.39 is 0 Å². The Morgan fingerprint density at radius 1 is 0.955 bits per heavy atom. The van der Waals surface area contributed by atoms with Gasteiger partial charge in [0.25, 0.3) is 5.91 Å². The summed E-state index contributed by atoms with van der Waals surface area (Å²) in [5, 5.41) is 0. The smallest absolute Gasteiger partial charge is 0.260 e. The summed E-state index contributed by atoms with van der Waals surface area (Å²) in [5.41, 5.74) is 3.62. The maximum atomic E-state index is 12.8. The number of hydrogen-bond acceptors (Lipinski definition) is 1. The van der Waals surface area contributed by atoms with Gasteiger partial charge in [0.15, 0.2) is 11.9 Å². The third kappa shape index (κ3) is 3.50. The zero-order chi connectivity index (χ0) is 15.4. The molecule has 3 heteroatoms. The topological polar surface area (TPSA) is 24.2 Å². The molecule has 0 unspecified atom stereocenters. The maximum absolute atomic E-state index is 12.8. The Morgan fingerprint density at radius 2 is 1.59 bits per heavy atom. The number of pyridine rings is 1. The molecule has 1 aromatic heterocycles. The van der Waals surface area contributed by atoms with Crippen molar-refractivity contribution in [3.05, 3.63) is 29.1 Å². The van der Waals surface area contributed by atoms with E-state index in [4.69, 9.17) is 0 Å². The first kappa shape index (κ1) is 15.5. The van der Waals surface area contributed by atoms with Crippen LogP contribution in [-0.4, -0.2) is 23.9 Å². The van der Waals surface area contributed by atoms with Crippen LogP contribution in [0, 0.1) is 0 Å². The molecule has 1 aromatic rings. The summed E-state index contributed by atoms with van der Waals surface area (Å²) in [5.74, 6) is 0.254. The quantitative estimate of drug-likeness (QED) is 0.731. The van der Waals surface area contributed by atoms with Gasteiger partial charge in [-0.05, 0) is 37.7 Å². The van der Waals surface area contributed by atoms with Gasteiger partial charge in [-0.1, -0.05) is 25.7 Å². The molecule has 120 valence electrons. The van der Waals surface area contributed by atoms with Crippen LogP contribution >= 0.6 is 0 Å². The second-order valence-electron chi connectivity index (χ2n) is 6.94. The van der Waals surface area contributed by atoms with Gasteiger partial charge in [-0.3, -0.25) is 4.79 Å². The first-order valence-corrected chi connectivity index (χ1v) is 9.06. The van der Waals surface area contributed by atoms with Gasteiger partial charge < -0.3 is 4.90 Å². The van der Waals surface area contributed by atoms with E-state index in [1.54, 1.807) is 0 Å². The van der Waals surface area contributed by atoms with Crippen LogP contribution in [0.25, 0.3) is 0 Å². The number of amides is 1. The van der Waals surface area contributed by atoms with Crippen molar-refractivity contribution in [3.8, 4) is 0 Å². The molecule has 1 aliphatic heterocycles. The van der Waals surface area contributed by atoms with Crippen molar-refractivity contribution in [1.29, 1.82) is 0 Å². The standard InChI is InChI=1S/C19H29N2O/c1-20-15-18(19(22)21-12-8-9-13-21)16-10-6-4-2-3-5-7-11-17(20)14-16/h14-15H,2-13H2,1H3/q+1. The lowest BCUT2D eigenvalue weighted by Crippen LogP contribution is -2.37. The summed E-state index contributed by atoms with van der Waals surface area (Å²) in [6.07, 6.45) is 14.4. The van der Waals surface area contributed by atoms with E-state index in [-0.39, 0.29) is 5.91 Å². The normalized spacial score (nSPS) is 19.8. The molecule has 2 aliphatic rings. The highest BCUT2D eigenvalue weighted by atomic mass is 16.2. The lowest BCUT2D eigenvalue weighted by atomic mass is 10.0. The fourth-order valence-corrected chi connectivity index (χ4v) is 3.81. The molecule has 0 saturated carbocycles. The van der Waals surface area contributed by atoms with Crippen LogP contribution in [0.2, 0.25) is 0 Å². The first-order valence-electron chi connectivity index (χ1n) is 9.06. The van der Waals surface area contributed by atoms with Crippen molar-refractivity contribution in [2.45, 2.75) is 64.2 Å². The number of rotatable bonds is 1. The van der Waals surface area contributed by atoms with Crippen molar-refractivity contribution < 1.29 is 9.36 Å². The van der Waals surface area contributed by atoms with Gasteiger partial charge in [-0.25, -0.2) is 4.57 Å². The van der Waals surface area contributed by atoms with Gasteiger partial charge in [0.1, 0.15) is 12.6 Å². The minimum absolute atomic E-state index is 0.254. The molecular weight excluding hydrogens is 272 g/mol. The highest BCUT2D eigenvalue weighted by Gasteiger charge is 2.25. The molecular formula is C19H29N2O+. The average Bonchev–Trinajstić information content (AvgIpc) is 3.03. The fraction of sp³-hybridized carbons (Fsp3) is 0.684. The van der Waals surface area contributed by atoms with Crippen LogP contribution in [-0.2, 0) is 19.9 Å². The van der Waals surface area contributed by atoms with Crippen LogP contribution in [0.3, 0.4) is 0 Å². The summed E-state index contributed by atoms with van der Waals surface area (Å²) in [6.45, 7) is 1.87. The summed E-state index contributed by atoms with van der Waals surface area (Å²) in [6, 6.07) is 2.31. The maximum Gasteiger partial charge on any atom is 0.260 e. The van der Waals surface area contributed by atoms with E-state index in [1.165, 1.54) is 49.8 Å². The lowest BCUT2D eigenvalue weighted by molar-refractivity contribution is -0.679. The second-order valence-corrected chi connectivity index (χ2v) is 6.94. The molecule has 2 heterocycles. The molecule has 3 nitrogen and oxygen atoms in total. The van der Waals surface area contributed by atoms with Crippen LogP contribution in [0.4, 0.5) is 0 Å². The van der Waals surface area contributed by atoms with E-state index >= 15 is 0 Å². The molecule has 0 spiro atoms. The Balaban J connectivity index is 1.89. The SMILES string of the molecule is C[n+]1cc(C(=O)N2CCCC2)c2cc1CCCCCCCC2. The van der Waals surface area contributed by atoms with Crippen LogP contribution in [0.5, 0.6) is 0 Å². The number of hydrogen-bond donors (Lipinski definition) is 0. The molecule has 22 heavy (non-hydrogen) atoms. The van der Waals surface area contributed by atoms with Crippen molar-refractivity contribution in [3.63, 3.8) is 0 Å². The zero-order valence-corrected chi connectivity index (χ0v) is 13.9. The molecule has 0 aromatic carbocycles. The zero-order valence-electron chi connectivity index (χ0n) is 13.9. The minimum Gasteiger partial charge on any atom is -0.338 e. The predicted molar refractivity (Wildman–Crippen MR) is 87.9 cm³/mol. The number of fused-ring (bicyclic) bond motifs is 2. The number of aromatic nitrogens is 1. The van der Waals surface area contributed by atoms with E-state index in [2.05, 4.69) is 23.9 Å². The molecule has 0 radical (unpaired) electrons. The number of aryl methyl sites for hydroxylation is 3. The van der Waals surface area contributed by atoms with Gasteiger partial charge in [-0.2, -0.15) is 0 Å². The minimum atomic E-state index is 0.254. The Kier molecular flexibility index (Phi) is 5.12. The van der Waals surface area contributed by atoms with Crippen LogP contribution in [0.15, 0.2) is 12.3 Å². The summed E-state index contributed by atoms with van der Waals surface area (Å²) < 4.78 is 2.19. The Hall–Kier alpha value is -1.38. The summed E-state index contributed by atoms with van der Waals surface area (Å²) >= 11 is 0. The molecule has 2 bridgehead atoms. The third-order valence-corrected chi connectivity index (χ3v) is 5.22. The van der Waals surface area contributed by atoms with Gasteiger partial charge in [0.2, 0.25) is 0 Å². The predicted octanol–water partition coefficient (Wildman–Crippen LogP) is 3.19. The number of carbonyl (C=O) groups excluding carboxylic acids is 1. The molecule has 3 rings (SSSR count). The van der Waals surface area contributed by atoms with Crippen LogP contribution < -0.4 is 4.57 Å². The fourth-order valence-electron chi connectivity index (χ4n) is 3.81. The van der Waals surface area contributed by atoms with Gasteiger partial charge in [0.05, 0.1) is 0 Å². The Morgan fingerprint density at radius 3 is 2.32 bits per heavy atom. The third-order valence-electron chi connectivity index (χ3n) is 5.22. The molecule has 1 aliphatic carbocycles. The van der Waals surface area contributed by atoms with Crippen molar-refractivity contribution in [1.82, 2.24) is 4.90 Å². The molecule has 0 N–H and O–H groups in total. The summed E-state index contributed by atoms with van der Waals surface area (Å²) in [7, 11) is 2.10. The van der Waals surface area contributed by atoms with Gasteiger partial charge >= 0.3 is 0 Å². The monoisotopic (exact) mass is 301 g/mol. The second kappa shape index (κ2) is 7.26. The number of likely N-dealkylation sites (tertiary alicyclic amines) is 1. The lowest BCUT2D eigenvalue weighted by Gasteiger charge is -2.17. The Labute approximate surface area is 134 Å².